The first-order valence-electron chi connectivity index (χ1n) is 9.93. The molecule has 0 aliphatic heterocycles. The summed E-state index contributed by atoms with van der Waals surface area (Å²) in [6.45, 7) is 6.21. The van der Waals surface area contributed by atoms with E-state index in [0.717, 1.165) is 37.1 Å². The van der Waals surface area contributed by atoms with Gasteiger partial charge in [-0.05, 0) is 69.2 Å². The summed E-state index contributed by atoms with van der Waals surface area (Å²) < 4.78 is 1.98. The second-order valence-corrected chi connectivity index (χ2v) is 7.85. The topological polar surface area (TPSA) is 68.2 Å². The van der Waals surface area contributed by atoms with E-state index >= 15 is 0 Å². The Morgan fingerprint density at radius 3 is 2.56 bits per heavy atom. The molecule has 3 N–H and O–H groups in total. The molecule has 0 radical (unpaired) electrons. The Balaban J connectivity index is 1.92. The Bertz CT molecular complexity index is 773. The Kier molecular flexibility index (Phi) is 7.40. The normalized spacial score (nSPS) is 13.6. The molecule has 148 valence electrons. The predicted molar refractivity (Wildman–Crippen MR) is 111 cm³/mol. The lowest BCUT2D eigenvalue weighted by Crippen LogP contribution is -2.43. The minimum atomic E-state index is -0.541. The van der Waals surface area contributed by atoms with Crippen LogP contribution in [0.1, 0.15) is 65.5 Å². The standard InChI is InChI=1S/C23H34N2O2/c1-5-23(24,16-26)14-13-20-11-12-21(25(20)4)22(27)8-6-7-19-10-9-17(2)15-18(19)3/h9-12,15,26H,5-8,13-14,16,24H2,1-4H3. The molecular weight excluding hydrogens is 336 g/mol. The number of rotatable bonds is 10. The smallest absolute Gasteiger partial charge is 0.179 e. The van der Waals surface area contributed by atoms with E-state index in [2.05, 4.69) is 32.0 Å². The molecule has 0 aliphatic rings. The largest absolute Gasteiger partial charge is 0.394 e. The van der Waals surface area contributed by atoms with Crippen LogP contribution in [0, 0.1) is 13.8 Å². The van der Waals surface area contributed by atoms with E-state index in [1.807, 2.05) is 30.7 Å². The van der Waals surface area contributed by atoms with Crippen LogP contribution in [-0.4, -0.2) is 27.6 Å². The Morgan fingerprint density at radius 2 is 1.93 bits per heavy atom. The van der Waals surface area contributed by atoms with Gasteiger partial charge in [0.05, 0.1) is 12.3 Å². The van der Waals surface area contributed by atoms with Gasteiger partial charge >= 0.3 is 0 Å². The summed E-state index contributed by atoms with van der Waals surface area (Å²) in [5.41, 5.74) is 11.4. The summed E-state index contributed by atoms with van der Waals surface area (Å²) in [6.07, 6.45) is 4.54. The lowest BCUT2D eigenvalue weighted by atomic mass is 9.92. The predicted octanol–water partition coefficient (Wildman–Crippen LogP) is 3.88. The average molecular weight is 371 g/mol. The second kappa shape index (κ2) is 9.34. The van der Waals surface area contributed by atoms with Crippen molar-refractivity contribution in [2.75, 3.05) is 6.61 Å². The zero-order valence-corrected chi connectivity index (χ0v) is 17.2. The van der Waals surface area contributed by atoms with Gasteiger partial charge in [-0.2, -0.15) is 0 Å². The monoisotopic (exact) mass is 370 g/mol. The van der Waals surface area contributed by atoms with Crippen LogP contribution < -0.4 is 5.73 Å². The van der Waals surface area contributed by atoms with Gasteiger partial charge < -0.3 is 15.4 Å². The third kappa shape index (κ3) is 5.53. The number of aliphatic hydroxyl groups excluding tert-OH is 1. The van der Waals surface area contributed by atoms with Crippen LogP contribution in [0.15, 0.2) is 30.3 Å². The molecule has 4 nitrogen and oxygen atoms in total. The molecule has 0 fully saturated rings. The molecule has 0 amide bonds. The summed E-state index contributed by atoms with van der Waals surface area (Å²) in [5.74, 6) is 0.185. The Hall–Kier alpha value is -1.91. The molecule has 2 rings (SSSR count). The van der Waals surface area contributed by atoms with E-state index in [4.69, 9.17) is 5.73 Å². The molecule has 0 spiro atoms. The van der Waals surface area contributed by atoms with Crippen molar-refractivity contribution < 1.29 is 9.90 Å². The number of hydrogen-bond donors (Lipinski definition) is 2. The number of benzene rings is 1. The van der Waals surface area contributed by atoms with Crippen molar-refractivity contribution in [2.45, 2.75) is 64.8 Å². The quantitative estimate of drug-likeness (QED) is 0.624. The first kappa shape index (κ1) is 21.4. The molecule has 1 heterocycles. The lowest BCUT2D eigenvalue weighted by molar-refractivity contribution is 0.0972. The maximum atomic E-state index is 12.6. The molecule has 1 atom stereocenters. The van der Waals surface area contributed by atoms with Crippen molar-refractivity contribution in [3.8, 4) is 0 Å². The fourth-order valence-electron chi connectivity index (χ4n) is 3.52. The number of hydrogen-bond acceptors (Lipinski definition) is 3. The van der Waals surface area contributed by atoms with Crippen LogP contribution in [0.3, 0.4) is 0 Å². The van der Waals surface area contributed by atoms with Crippen LogP contribution in [0.25, 0.3) is 0 Å². The number of aromatic nitrogens is 1. The van der Waals surface area contributed by atoms with Crippen LogP contribution in [0.5, 0.6) is 0 Å². The number of aliphatic hydroxyl groups is 1. The van der Waals surface area contributed by atoms with E-state index in [9.17, 15) is 9.90 Å². The first-order valence-corrected chi connectivity index (χ1v) is 9.93. The van der Waals surface area contributed by atoms with Gasteiger partial charge in [-0.25, -0.2) is 0 Å². The molecule has 4 heteroatoms. The van der Waals surface area contributed by atoms with E-state index < -0.39 is 5.54 Å². The molecule has 2 aromatic rings. The molecule has 0 saturated heterocycles. The summed E-state index contributed by atoms with van der Waals surface area (Å²) in [4.78, 5) is 12.6. The van der Waals surface area contributed by atoms with Crippen LogP contribution in [0.2, 0.25) is 0 Å². The van der Waals surface area contributed by atoms with Crippen LogP contribution in [-0.2, 0) is 19.9 Å². The van der Waals surface area contributed by atoms with Crippen molar-refractivity contribution in [3.05, 3.63) is 58.4 Å². The molecule has 0 saturated carbocycles. The highest BCUT2D eigenvalue weighted by molar-refractivity contribution is 5.94. The van der Waals surface area contributed by atoms with E-state index in [-0.39, 0.29) is 12.4 Å². The fourth-order valence-corrected chi connectivity index (χ4v) is 3.52. The van der Waals surface area contributed by atoms with Crippen molar-refractivity contribution in [3.63, 3.8) is 0 Å². The zero-order chi connectivity index (χ0) is 20.0. The molecule has 0 aliphatic carbocycles. The molecular formula is C23H34N2O2. The number of aryl methyl sites for hydroxylation is 4. The van der Waals surface area contributed by atoms with Gasteiger partial charge in [-0.1, -0.05) is 30.7 Å². The van der Waals surface area contributed by atoms with Crippen LogP contribution in [0.4, 0.5) is 0 Å². The summed E-state index contributed by atoms with van der Waals surface area (Å²) in [5, 5.41) is 9.47. The minimum absolute atomic E-state index is 0.0157. The summed E-state index contributed by atoms with van der Waals surface area (Å²) >= 11 is 0. The van der Waals surface area contributed by atoms with Crippen molar-refractivity contribution in [1.82, 2.24) is 4.57 Å². The number of ketones is 1. The number of nitrogens with two attached hydrogens (primary N) is 1. The van der Waals surface area contributed by atoms with Gasteiger partial charge in [0.2, 0.25) is 0 Å². The van der Waals surface area contributed by atoms with E-state index in [1.54, 1.807) is 0 Å². The maximum Gasteiger partial charge on any atom is 0.179 e. The minimum Gasteiger partial charge on any atom is -0.394 e. The number of carbonyl (C=O) groups excluding carboxylic acids is 1. The fraction of sp³-hybridized carbons (Fsp3) is 0.522. The van der Waals surface area contributed by atoms with Crippen molar-refractivity contribution in [2.24, 2.45) is 12.8 Å². The van der Waals surface area contributed by atoms with Gasteiger partial charge in [0.15, 0.2) is 5.78 Å². The second-order valence-electron chi connectivity index (χ2n) is 7.85. The highest BCUT2D eigenvalue weighted by Gasteiger charge is 2.22. The SMILES string of the molecule is CCC(N)(CO)CCc1ccc(C(=O)CCCc2ccc(C)cc2C)n1C. The maximum absolute atomic E-state index is 12.6. The molecule has 1 aromatic carbocycles. The van der Waals surface area contributed by atoms with Crippen LogP contribution >= 0.6 is 0 Å². The Labute approximate surface area is 163 Å². The van der Waals surface area contributed by atoms with Gasteiger partial charge in [0.25, 0.3) is 0 Å². The molecule has 0 bridgehead atoms. The van der Waals surface area contributed by atoms with Gasteiger partial charge in [-0.3, -0.25) is 4.79 Å². The number of Topliss-reactive ketones (excluding diaryl/α,β-unsaturated/α-hetero) is 1. The van der Waals surface area contributed by atoms with E-state index in [0.29, 0.717) is 12.8 Å². The summed E-state index contributed by atoms with van der Waals surface area (Å²) in [6, 6.07) is 10.4. The first-order chi connectivity index (χ1) is 12.8. The highest BCUT2D eigenvalue weighted by Crippen LogP contribution is 2.19. The van der Waals surface area contributed by atoms with Crippen molar-refractivity contribution in [1.29, 1.82) is 0 Å². The molecule has 27 heavy (non-hydrogen) atoms. The van der Waals surface area contributed by atoms with Crippen molar-refractivity contribution >= 4 is 5.78 Å². The van der Waals surface area contributed by atoms with E-state index in [1.165, 1.54) is 16.7 Å². The van der Waals surface area contributed by atoms with Gasteiger partial charge in [0.1, 0.15) is 0 Å². The third-order valence-corrected chi connectivity index (χ3v) is 5.76. The Morgan fingerprint density at radius 1 is 1.19 bits per heavy atom. The lowest BCUT2D eigenvalue weighted by Gasteiger charge is -2.25. The summed E-state index contributed by atoms with van der Waals surface area (Å²) in [7, 11) is 1.94. The number of nitrogens with zero attached hydrogens (tertiary/aromatic N) is 1. The average Bonchev–Trinajstić information content (AvgIpc) is 3.02. The highest BCUT2D eigenvalue weighted by atomic mass is 16.3. The zero-order valence-electron chi connectivity index (χ0n) is 17.2. The molecule has 1 unspecified atom stereocenters. The van der Waals surface area contributed by atoms with Gasteiger partial charge in [0, 0.05) is 24.7 Å². The molecule has 1 aromatic heterocycles. The van der Waals surface area contributed by atoms with Gasteiger partial charge in [-0.15, -0.1) is 0 Å². The number of carbonyl (C=O) groups is 1. The third-order valence-electron chi connectivity index (χ3n) is 5.76.